The number of hydrogen-bond acceptors (Lipinski definition) is 7. The van der Waals surface area contributed by atoms with E-state index in [-0.39, 0.29) is 0 Å². The van der Waals surface area contributed by atoms with E-state index in [0.717, 1.165) is 13.8 Å². The largest absolute Gasteiger partial charge is 0.387 e. The predicted molar refractivity (Wildman–Crippen MR) is 46.4 cm³/mol. The fourth-order valence-corrected chi connectivity index (χ4v) is 1.69. The van der Waals surface area contributed by atoms with E-state index in [1.54, 1.807) is 0 Å². The molecule has 1 fully saturated rings. The van der Waals surface area contributed by atoms with Gasteiger partial charge in [-0.1, -0.05) is 0 Å². The van der Waals surface area contributed by atoms with E-state index in [1.807, 2.05) is 0 Å². The molecular formula is C8H16O7. The van der Waals surface area contributed by atoms with Gasteiger partial charge in [-0.3, -0.25) is 0 Å². The van der Waals surface area contributed by atoms with Crippen LogP contribution in [0.2, 0.25) is 0 Å². The molecule has 0 aromatic carbocycles. The van der Waals surface area contributed by atoms with E-state index in [2.05, 4.69) is 0 Å². The molecule has 7 N–H and O–H groups in total. The molecule has 90 valence electrons. The maximum atomic E-state index is 9.71. The lowest BCUT2D eigenvalue weighted by Crippen LogP contribution is -2.81. The molecule has 7 nitrogen and oxygen atoms in total. The summed E-state index contributed by atoms with van der Waals surface area (Å²) < 4.78 is 0. The second-order valence-corrected chi connectivity index (χ2v) is 4.33. The van der Waals surface area contributed by atoms with Crippen molar-refractivity contribution in [2.75, 3.05) is 0 Å². The first-order valence-electron chi connectivity index (χ1n) is 4.41. The van der Waals surface area contributed by atoms with Crippen molar-refractivity contribution in [3.8, 4) is 0 Å². The van der Waals surface area contributed by atoms with E-state index in [1.165, 1.54) is 0 Å². The Kier molecular flexibility index (Phi) is 2.65. The van der Waals surface area contributed by atoms with E-state index < -0.39 is 35.3 Å². The molecule has 0 heterocycles. The second-order valence-electron chi connectivity index (χ2n) is 4.33. The summed E-state index contributed by atoms with van der Waals surface area (Å²) in [6.45, 7) is 1.76. The van der Waals surface area contributed by atoms with Gasteiger partial charge in [-0.2, -0.15) is 0 Å². The Labute approximate surface area is 85.8 Å². The Hall–Kier alpha value is -0.280. The fraction of sp³-hybridized carbons (Fsp3) is 1.00. The zero-order chi connectivity index (χ0) is 12.2. The summed E-state index contributed by atoms with van der Waals surface area (Å²) >= 11 is 0. The molecule has 0 saturated heterocycles. The number of rotatable bonds is 0. The van der Waals surface area contributed by atoms with Crippen LogP contribution in [0.25, 0.3) is 0 Å². The number of aliphatic hydroxyl groups excluding tert-OH is 3. The highest BCUT2D eigenvalue weighted by molar-refractivity contribution is 5.16. The molecule has 1 saturated carbocycles. The molecule has 0 bridgehead atoms. The topological polar surface area (TPSA) is 142 Å². The molecule has 0 aliphatic heterocycles. The van der Waals surface area contributed by atoms with Crippen molar-refractivity contribution in [2.45, 2.75) is 49.1 Å². The van der Waals surface area contributed by atoms with Crippen LogP contribution >= 0.6 is 0 Å². The van der Waals surface area contributed by atoms with Crippen molar-refractivity contribution in [2.24, 2.45) is 0 Å². The lowest BCUT2D eigenvalue weighted by atomic mass is 9.65. The number of hydrogen-bond donors (Lipinski definition) is 7. The first-order valence-corrected chi connectivity index (χ1v) is 4.41. The summed E-state index contributed by atoms with van der Waals surface area (Å²) in [5.41, 5.74) is -4.98. The third-order valence-electron chi connectivity index (χ3n) is 3.34. The first kappa shape index (κ1) is 12.8. The van der Waals surface area contributed by atoms with Crippen molar-refractivity contribution in [3.05, 3.63) is 0 Å². The van der Waals surface area contributed by atoms with Gasteiger partial charge in [-0.15, -0.1) is 0 Å². The van der Waals surface area contributed by atoms with Crippen molar-refractivity contribution in [1.29, 1.82) is 0 Å². The molecular weight excluding hydrogens is 208 g/mol. The maximum Gasteiger partial charge on any atom is 0.224 e. The minimum Gasteiger partial charge on any atom is -0.387 e. The molecule has 7 heteroatoms. The van der Waals surface area contributed by atoms with Gasteiger partial charge in [0.1, 0.15) is 29.5 Å². The van der Waals surface area contributed by atoms with E-state index in [4.69, 9.17) is 0 Å². The van der Waals surface area contributed by atoms with Crippen molar-refractivity contribution >= 4 is 0 Å². The van der Waals surface area contributed by atoms with Gasteiger partial charge in [-0.05, 0) is 13.8 Å². The molecule has 15 heavy (non-hydrogen) atoms. The van der Waals surface area contributed by atoms with E-state index in [0.29, 0.717) is 0 Å². The monoisotopic (exact) mass is 224 g/mol. The summed E-state index contributed by atoms with van der Waals surface area (Å²) in [4.78, 5) is 0. The highest BCUT2D eigenvalue weighted by Gasteiger charge is 2.69. The Balaban J connectivity index is 3.27. The summed E-state index contributed by atoms with van der Waals surface area (Å²) in [5, 5.41) is 66.2. The Morgan fingerprint density at radius 3 is 1.60 bits per heavy atom. The fourth-order valence-electron chi connectivity index (χ4n) is 1.69. The molecule has 5 atom stereocenters. The van der Waals surface area contributed by atoms with Gasteiger partial charge in [0.15, 0.2) is 0 Å². The van der Waals surface area contributed by atoms with Crippen LogP contribution in [-0.2, 0) is 0 Å². The quantitative estimate of drug-likeness (QED) is 0.210. The Bertz CT molecular complexity index is 236. The summed E-state index contributed by atoms with van der Waals surface area (Å²) in [6.07, 6.45) is -6.08. The summed E-state index contributed by atoms with van der Waals surface area (Å²) in [7, 11) is 0. The molecule has 0 amide bonds. The van der Waals surface area contributed by atoms with Crippen LogP contribution in [0.1, 0.15) is 13.8 Å². The zero-order valence-corrected chi connectivity index (χ0v) is 8.36. The van der Waals surface area contributed by atoms with Crippen LogP contribution in [0.5, 0.6) is 0 Å². The molecule has 0 radical (unpaired) electrons. The minimum atomic E-state index is -3.13. The van der Waals surface area contributed by atoms with Crippen LogP contribution in [-0.4, -0.2) is 71.0 Å². The average molecular weight is 224 g/mol. The molecule has 0 aromatic heterocycles. The van der Waals surface area contributed by atoms with Crippen LogP contribution in [0.15, 0.2) is 0 Å². The highest BCUT2D eigenvalue weighted by atomic mass is 16.6. The van der Waals surface area contributed by atoms with Crippen molar-refractivity contribution in [1.82, 2.24) is 0 Å². The zero-order valence-electron chi connectivity index (χ0n) is 8.36. The van der Waals surface area contributed by atoms with Crippen LogP contribution in [0, 0.1) is 0 Å². The van der Waals surface area contributed by atoms with Gasteiger partial charge in [0.25, 0.3) is 0 Å². The van der Waals surface area contributed by atoms with Gasteiger partial charge >= 0.3 is 0 Å². The van der Waals surface area contributed by atoms with Crippen LogP contribution in [0.3, 0.4) is 0 Å². The lowest BCUT2D eigenvalue weighted by Gasteiger charge is -2.55. The molecule has 1 rings (SSSR count). The van der Waals surface area contributed by atoms with E-state index >= 15 is 0 Å². The summed E-state index contributed by atoms with van der Waals surface area (Å²) in [6, 6.07) is 0. The number of aliphatic hydroxyl groups is 7. The molecule has 0 spiro atoms. The van der Waals surface area contributed by atoms with Crippen molar-refractivity contribution in [3.63, 3.8) is 0 Å². The lowest BCUT2D eigenvalue weighted by molar-refractivity contribution is -0.402. The standard InChI is InChI=1S/C8H16O7/c1-6(12)4(10)3(9)5(11)8(14,15)7(6,2)13/h3-5,9-15H,1-2H3/t3-,4-,5-,6+,7-/m1/s1. The summed E-state index contributed by atoms with van der Waals surface area (Å²) in [5.74, 6) is -3.13. The molecule has 1 aliphatic carbocycles. The molecule has 1 aliphatic rings. The Morgan fingerprint density at radius 2 is 1.20 bits per heavy atom. The second kappa shape index (κ2) is 3.11. The molecule has 0 aromatic rings. The predicted octanol–water partition coefficient (Wildman–Crippen LogP) is -3.73. The Morgan fingerprint density at radius 1 is 0.800 bits per heavy atom. The highest BCUT2D eigenvalue weighted by Crippen LogP contribution is 2.42. The van der Waals surface area contributed by atoms with E-state index in [9.17, 15) is 35.7 Å². The first-order chi connectivity index (χ1) is 6.48. The third kappa shape index (κ3) is 1.32. The van der Waals surface area contributed by atoms with Gasteiger partial charge < -0.3 is 35.7 Å². The van der Waals surface area contributed by atoms with Crippen molar-refractivity contribution < 1.29 is 35.7 Å². The van der Waals surface area contributed by atoms with Crippen LogP contribution < -0.4 is 0 Å². The third-order valence-corrected chi connectivity index (χ3v) is 3.34. The average Bonchev–Trinajstić information content (AvgIpc) is 2.12. The molecule has 0 unspecified atom stereocenters. The minimum absolute atomic E-state index is 0.839. The maximum absolute atomic E-state index is 9.71. The normalized spacial score (nSPS) is 55.4. The van der Waals surface area contributed by atoms with Gasteiger partial charge in [0, 0.05) is 0 Å². The SMILES string of the molecule is C[C@]1(O)[C@H](O)[C@@H](O)[C@@H](O)C(O)(O)[C@]1(C)O. The van der Waals surface area contributed by atoms with Gasteiger partial charge in [0.05, 0.1) is 0 Å². The smallest absolute Gasteiger partial charge is 0.224 e. The van der Waals surface area contributed by atoms with Crippen LogP contribution in [0.4, 0.5) is 0 Å². The van der Waals surface area contributed by atoms with Gasteiger partial charge in [-0.25, -0.2) is 0 Å². The van der Waals surface area contributed by atoms with Gasteiger partial charge in [0.2, 0.25) is 5.79 Å².